The minimum atomic E-state index is -3.74. The zero-order chi connectivity index (χ0) is 11.6. The highest BCUT2D eigenvalue weighted by atomic mass is 35.5. The predicted octanol–water partition coefficient (Wildman–Crippen LogP) is 3.23. The van der Waals surface area contributed by atoms with Gasteiger partial charge in [-0.05, 0) is 12.8 Å². The second kappa shape index (κ2) is 9.43. The van der Waals surface area contributed by atoms with E-state index in [9.17, 15) is 8.42 Å². The van der Waals surface area contributed by atoms with Crippen molar-refractivity contribution >= 4 is 21.7 Å². The normalized spacial score (nSPS) is 11.9. The second-order valence-electron chi connectivity index (χ2n) is 3.80. The molecule has 0 heterocycles. The Labute approximate surface area is 98.0 Å². The fraction of sp³-hybridized carbons (Fsp3) is 1.00. The van der Waals surface area contributed by atoms with Gasteiger partial charge < -0.3 is 0 Å². The Morgan fingerprint density at radius 2 is 1.20 bits per heavy atom. The van der Waals surface area contributed by atoms with Gasteiger partial charge in [0, 0.05) is 5.88 Å². The van der Waals surface area contributed by atoms with Gasteiger partial charge in [-0.2, -0.15) is 8.42 Å². The summed E-state index contributed by atoms with van der Waals surface area (Å²) >= 11 is 5.55. The molecular weight excluding hydrogens is 236 g/mol. The van der Waals surface area contributed by atoms with E-state index in [2.05, 4.69) is 0 Å². The predicted molar refractivity (Wildman–Crippen MR) is 64.1 cm³/mol. The van der Waals surface area contributed by atoms with Crippen molar-refractivity contribution in [1.29, 1.82) is 0 Å². The molecule has 5 heteroatoms. The maximum atomic E-state index is 10.4. The van der Waals surface area contributed by atoms with E-state index in [0.29, 0.717) is 6.42 Å². The maximum absolute atomic E-state index is 10.4. The van der Waals surface area contributed by atoms with Crippen LogP contribution in [0.15, 0.2) is 0 Å². The summed E-state index contributed by atoms with van der Waals surface area (Å²) in [6.07, 6.45) is 8.34. The molecule has 0 aliphatic carbocycles. The number of unbranched alkanes of at least 4 members (excludes halogenated alkanes) is 7. The quantitative estimate of drug-likeness (QED) is 0.371. The standard InChI is InChI=1S/C10H21ClO3S/c11-9-7-5-3-1-2-4-6-8-10-15(12,13)14/h1-10H2,(H,12,13,14). The monoisotopic (exact) mass is 256 g/mol. The average Bonchev–Trinajstić information content (AvgIpc) is 2.14. The fourth-order valence-corrected chi connectivity index (χ4v) is 2.20. The van der Waals surface area contributed by atoms with Crippen molar-refractivity contribution in [2.24, 2.45) is 0 Å². The number of alkyl halides is 1. The van der Waals surface area contributed by atoms with Crippen LogP contribution in [0.4, 0.5) is 0 Å². The third-order valence-electron chi connectivity index (χ3n) is 2.29. The van der Waals surface area contributed by atoms with Crippen LogP contribution in [0.25, 0.3) is 0 Å². The number of rotatable bonds is 10. The van der Waals surface area contributed by atoms with Gasteiger partial charge in [0.25, 0.3) is 10.1 Å². The van der Waals surface area contributed by atoms with Gasteiger partial charge in [0.2, 0.25) is 0 Å². The molecule has 0 amide bonds. The zero-order valence-corrected chi connectivity index (χ0v) is 10.7. The largest absolute Gasteiger partial charge is 0.286 e. The lowest BCUT2D eigenvalue weighted by Gasteiger charge is -2.00. The Balaban J connectivity index is 3.06. The first kappa shape index (κ1) is 15.2. The van der Waals surface area contributed by atoms with Crippen molar-refractivity contribution in [2.75, 3.05) is 11.6 Å². The topological polar surface area (TPSA) is 54.4 Å². The van der Waals surface area contributed by atoms with E-state index in [4.69, 9.17) is 16.2 Å². The Kier molecular flexibility index (Phi) is 9.55. The first-order valence-corrected chi connectivity index (χ1v) is 7.72. The molecule has 0 aliphatic rings. The van der Waals surface area contributed by atoms with Crippen LogP contribution in [0.1, 0.15) is 51.4 Å². The van der Waals surface area contributed by atoms with Gasteiger partial charge >= 0.3 is 0 Å². The smallest absolute Gasteiger partial charge is 0.264 e. The third kappa shape index (κ3) is 14.2. The lowest BCUT2D eigenvalue weighted by atomic mass is 10.1. The molecule has 0 saturated heterocycles. The highest BCUT2D eigenvalue weighted by Gasteiger charge is 2.02. The molecule has 1 N–H and O–H groups in total. The van der Waals surface area contributed by atoms with Gasteiger partial charge in [-0.25, -0.2) is 0 Å². The maximum Gasteiger partial charge on any atom is 0.264 e. The highest BCUT2D eigenvalue weighted by Crippen LogP contribution is 2.09. The minimum absolute atomic E-state index is 0.0980. The van der Waals surface area contributed by atoms with Crippen LogP contribution < -0.4 is 0 Å². The van der Waals surface area contributed by atoms with Crippen molar-refractivity contribution in [2.45, 2.75) is 51.4 Å². The van der Waals surface area contributed by atoms with Crippen molar-refractivity contribution in [3.05, 3.63) is 0 Å². The Morgan fingerprint density at radius 3 is 1.60 bits per heavy atom. The summed E-state index contributed by atoms with van der Waals surface area (Å²) in [7, 11) is -3.74. The SMILES string of the molecule is O=S(=O)(O)CCCCCCCCCCCl. The van der Waals surface area contributed by atoms with Gasteiger partial charge in [-0.15, -0.1) is 11.6 Å². The summed E-state index contributed by atoms with van der Waals surface area (Å²) in [6.45, 7) is 0. The number of hydrogen-bond acceptors (Lipinski definition) is 2. The Bertz CT molecular complexity index is 227. The zero-order valence-electron chi connectivity index (χ0n) is 9.12. The molecule has 0 saturated carbocycles. The molecule has 0 aliphatic heterocycles. The third-order valence-corrected chi connectivity index (χ3v) is 3.36. The lowest BCUT2D eigenvalue weighted by Crippen LogP contribution is -2.03. The summed E-state index contributed by atoms with van der Waals surface area (Å²) in [5.74, 6) is 0.646. The van der Waals surface area contributed by atoms with E-state index in [0.717, 1.165) is 31.6 Å². The van der Waals surface area contributed by atoms with Crippen LogP contribution in [-0.4, -0.2) is 24.6 Å². The molecule has 0 atom stereocenters. The van der Waals surface area contributed by atoms with Gasteiger partial charge in [0.1, 0.15) is 0 Å². The van der Waals surface area contributed by atoms with Crippen molar-refractivity contribution in [3.63, 3.8) is 0 Å². The molecule has 0 radical (unpaired) electrons. The van der Waals surface area contributed by atoms with E-state index in [1.165, 1.54) is 19.3 Å². The molecule has 0 spiro atoms. The molecular formula is C10H21ClO3S. The second-order valence-corrected chi connectivity index (χ2v) is 5.75. The molecule has 0 fully saturated rings. The molecule has 0 aromatic carbocycles. The van der Waals surface area contributed by atoms with E-state index < -0.39 is 10.1 Å². The van der Waals surface area contributed by atoms with Crippen molar-refractivity contribution < 1.29 is 13.0 Å². The van der Waals surface area contributed by atoms with Crippen molar-refractivity contribution in [1.82, 2.24) is 0 Å². The molecule has 0 aromatic heterocycles. The highest BCUT2D eigenvalue weighted by molar-refractivity contribution is 7.85. The van der Waals surface area contributed by atoms with E-state index in [1.807, 2.05) is 0 Å². The summed E-state index contributed by atoms with van der Waals surface area (Å²) in [5, 5.41) is 0. The van der Waals surface area contributed by atoms with Crippen LogP contribution in [0.2, 0.25) is 0 Å². The van der Waals surface area contributed by atoms with Gasteiger partial charge in [0.15, 0.2) is 0 Å². The summed E-state index contributed by atoms with van der Waals surface area (Å²) in [6, 6.07) is 0. The van der Waals surface area contributed by atoms with Crippen molar-refractivity contribution in [3.8, 4) is 0 Å². The van der Waals surface area contributed by atoms with Crippen LogP contribution in [0, 0.1) is 0 Å². The molecule has 0 unspecified atom stereocenters. The van der Waals surface area contributed by atoms with Gasteiger partial charge in [0.05, 0.1) is 5.75 Å². The molecule has 0 rings (SSSR count). The minimum Gasteiger partial charge on any atom is -0.286 e. The molecule has 92 valence electrons. The van der Waals surface area contributed by atoms with E-state index in [1.54, 1.807) is 0 Å². The summed E-state index contributed by atoms with van der Waals surface area (Å²) in [5.41, 5.74) is 0. The van der Waals surface area contributed by atoms with Crippen LogP contribution in [0.3, 0.4) is 0 Å². The fourth-order valence-electron chi connectivity index (χ4n) is 1.44. The number of hydrogen-bond donors (Lipinski definition) is 1. The summed E-state index contributed by atoms with van der Waals surface area (Å²) < 4.78 is 29.2. The van der Waals surface area contributed by atoms with E-state index in [-0.39, 0.29) is 5.75 Å². The Hall–Kier alpha value is 0.200. The van der Waals surface area contributed by atoms with E-state index >= 15 is 0 Å². The average molecular weight is 257 g/mol. The van der Waals surface area contributed by atoms with Gasteiger partial charge in [-0.1, -0.05) is 38.5 Å². The lowest BCUT2D eigenvalue weighted by molar-refractivity contribution is 0.478. The first-order valence-electron chi connectivity index (χ1n) is 5.57. The van der Waals surface area contributed by atoms with Crippen LogP contribution >= 0.6 is 11.6 Å². The molecule has 0 aromatic rings. The molecule has 15 heavy (non-hydrogen) atoms. The first-order chi connectivity index (χ1) is 7.06. The Morgan fingerprint density at radius 1 is 0.800 bits per heavy atom. The van der Waals surface area contributed by atoms with Crippen LogP contribution in [-0.2, 0) is 10.1 Å². The van der Waals surface area contributed by atoms with Gasteiger partial charge in [-0.3, -0.25) is 4.55 Å². The molecule has 0 bridgehead atoms. The summed E-state index contributed by atoms with van der Waals surface area (Å²) in [4.78, 5) is 0. The van der Waals surface area contributed by atoms with Crippen LogP contribution in [0.5, 0.6) is 0 Å². The number of halogens is 1. The molecule has 3 nitrogen and oxygen atoms in total.